The van der Waals surface area contributed by atoms with Gasteiger partial charge in [-0.25, -0.2) is 0 Å². The highest BCUT2D eigenvalue weighted by Crippen LogP contribution is 2.42. The van der Waals surface area contributed by atoms with E-state index in [0.29, 0.717) is 36.0 Å². The third-order valence-electron chi connectivity index (χ3n) is 6.35. The van der Waals surface area contributed by atoms with Crippen LogP contribution in [0.25, 0.3) is 5.76 Å². The van der Waals surface area contributed by atoms with Gasteiger partial charge < -0.3 is 23.9 Å². The Kier molecular flexibility index (Phi) is 5.63. The van der Waals surface area contributed by atoms with Gasteiger partial charge in [-0.05, 0) is 46.9 Å². The van der Waals surface area contributed by atoms with E-state index >= 15 is 0 Å². The lowest BCUT2D eigenvalue weighted by molar-refractivity contribution is -0.140. The normalized spacial score (nSPS) is 19.3. The van der Waals surface area contributed by atoms with Gasteiger partial charge in [0.2, 0.25) is 0 Å². The summed E-state index contributed by atoms with van der Waals surface area (Å²) in [5, 5.41) is 11.3. The average Bonchev–Trinajstić information content (AvgIpc) is 3.45. The van der Waals surface area contributed by atoms with Crippen molar-refractivity contribution >= 4 is 17.4 Å². The van der Waals surface area contributed by atoms with Crippen LogP contribution >= 0.6 is 0 Å². The zero-order chi connectivity index (χ0) is 24.7. The molecule has 0 radical (unpaired) electrons. The van der Waals surface area contributed by atoms with Gasteiger partial charge in [-0.15, -0.1) is 0 Å². The lowest BCUT2D eigenvalue weighted by atomic mass is 9.85. The molecule has 2 aliphatic heterocycles. The van der Waals surface area contributed by atoms with Crippen LogP contribution in [-0.2, 0) is 21.5 Å². The predicted molar refractivity (Wildman–Crippen MR) is 129 cm³/mol. The Bertz CT molecular complexity index is 1300. The fourth-order valence-electron chi connectivity index (χ4n) is 4.47. The largest absolute Gasteiger partial charge is 0.507 e. The minimum atomic E-state index is -0.776. The van der Waals surface area contributed by atoms with Crippen molar-refractivity contribution in [1.82, 2.24) is 4.90 Å². The number of nitrogens with zero attached hydrogens (tertiary/aromatic N) is 1. The quantitative estimate of drug-likeness (QED) is 0.327. The maximum Gasteiger partial charge on any atom is 0.296 e. The summed E-state index contributed by atoms with van der Waals surface area (Å²) in [5.74, 6) is -0.0921. The first-order valence-electron chi connectivity index (χ1n) is 11.6. The van der Waals surface area contributed by atoms with Crippen LogP contribution in [-0.4, -0.2) is 34.9 Å². The van der Waals surface area contributed by atoms with Gasteiger partial charge in [0.15, 0.2) is 11.5 Å². The molecule has 3 aromatic rings. The monoisotopic (exact) mass is 473 g/mol. The van der Waals surface area contributed by atoms with Gasteiger partial charge in [-0.1, -0.05) is 45.0 Å². The molecular formula is C28H27NO6. The third kappa shape index (κ3) is 4.18. The summed E-state index contributed by atoms with van der Waals surface area (Å²) < 4.78 is 16.7. The van der Waals surface area contributed by atoms with Crippen LogP contribution in [0.3, 0.4) is 0 Å². The van der Waals surface area contributed by atoms with Crippen molar-refractivity contribution in [3.63, 3.8) is 0 Å². The minimum absolute atomic E-state index is 0.0294. The Labute approximate surface area is 203 Å². The highest BCUT2D eigenvalue weighted by molar-refractivity contribution is 6.46. The Morgan fingerprint density at radius 3 is 2.37 bits per heavy atom. The standard InChI is InChI=1S/C28H27NO6/c1-28(2,3)19-9-6-17(7-10-19)24-23(26(31)27(32)29(24)16-20-5-4-12-33-20)25(30)18-8-11-21-22(15-18)35-14-13-34-21/h4-12,15,24,30H,13-14,16H2,1-3H3/t24-/m1/s1. The molecule has 7 heteroatoms. The smallest absolute Gasteiger partial charge is 0.296 e. The molecule has 0 bridgehead atoms. The maximum absolute atomic E-state index is 13.3. The van der Waals surface area contributed by atoms with E-state index in [4.69, 9.17) is 13.9 Å². The molecule has 180 valence electrons. The van der Waals surface area contributed by atoms with Gasteiger partial charge in [0.1, 0.15) is 24.7 Å². The molecule has 7 nitrogen and oxygen atoms in total. The first-order valence-corrected chi connectivity index (χ1v) is 11.6. The van der Waals surface area contributed by atoms with Crippen LogP contribution in [0.2, 0.25) is 0 Å². The van der Waals surface area contributed by atoms with Crippen LogP contribution in [0.15, 0.2) is 70.9 Å². The number of carbonyl (C=O) groups excluding carboxylic acids is 2. The SMILES string of the molecule is CC(C)(C)c1ccc([C@@H]2C(=C(O)c3ccc4c(c3)OCCO4)C(=O)C(=O)N2Cc2ccco2)cc1. The lowest BCUT2D eigenvalue weighted by Crippen LogP contribution is -2.29. The van der Waals surface area contributed by atoms with E-state index in [1.807, 2.05) is 24.3 Å². The summed E-state index contributed by atoms with van der Waals surface area (Å²) >= 11 is 0. The molecule has 0 spiro atoms. The van der Waals surface area contributed by atoms with E-state index in [2.05, 4.69) is 20.8 Å². The van der Waals surface area contributed by atoms with E-state index in [1.54, 1.807) is 30.3 Å². The van der Waals surface area contributed by atoms with Crippen LogP contribution < -0.4 is 9.47 Å². The Balaban J connectivity index is 1.62. The molecule has 35 heavy (non-hydrogen) atoms. The molecule has 1 aromatic heterocycles. The molecule has 1 saturated heterocycles. The van der Waals surface area contributed by atoms with Gasteiger partial charge in [0.25, 0.3) is 11.7 Å². The molecule has 2 aliphatic rings. The van der Waals surface area contributed by atoms with E-state index in [0.717, 1.165) is 11.1 Å². The van der Waals surface area contributed by atoms with Gasteiger partial charge in [-0.3, -0.25) is 9.59 Å². The number of Topliss-reactive ketones (excluding diaryl/α,β-unsaturated/α-hetero) is 1. The minimum Gasteiger partial charge on any atom is -0.507 e. The molecule has 3 heterocycles. The topological polar surface area (TPSA) is 89.2 Å². The van der Waals surface area contributed by atoms with Gasteiger partial charge in [0.05, 0.1) is 24.4 Å². The lowest BCUT2D eigenvalue weighted by Gasteiger charge is -2.26. The number of rotatable bonds is 4. The van der Waals surface area contributed by atoms with Crippen LogP contribution in [0.1, 0.15) is 49.3 Å². The second-order valence-electron chi connectivity index (χ2n) is 9.74. The summed E-state index contributed by atoms with van der Waals surface area (Å²) in [6.45, 7) is 7.29. The molecule has 0 aliphatic carbocycles. The predicted octanol–water partition coefficient (Wildman–Crippen LogP) is 4.97. The second-order valence-corrected chi connectivity index (χ2v) is 9.74. The van der Waals surface area contributed by atoms with Crippen molar-refractivity contribution in [1.29, 1.82) is 0 Å². The molecule has 1 N–H and O–H groups in total. The molecule has 1 fully saturated rings. The van der Waals surface area contributed by atoms with Crippen molar-refractivity contribution in [2.24, 2.45) is 0 Å². The molecule has 0 saturated carbocycles. The summed E-state index contributed by atoms with van der Waals surface area (Å²) in [4.78, 5) is 27.9. The number of likely N-dealkylation sites (tertiary alicyclic amines) is 1. The number of fused-ring (bicyclic) bond motifs is 1. The van der Waals surface area contributed by atoms with Crippen molar-refractivity contribution in [3.05, 3.63) is 88.9 Å². The Morgan fingerprint density at radius 2 is 1.71 bits per heavy atom. The summed E-state index contributed by atoms with van der Waals surface area (Å²) in [5.41, 5.74) is 2.20. The first kappa shape index (κ1) is 22.8. The number of hydrogen-bond donors (Lipinski definition) is 1. The molecule has 1 atom stereocenters. The van der Waals surface area contributed by atoms with E-state index in [-0.39, 0.29) is 23.3 Å². The second kappa shape index (κ2) is 8.65. The number of ether oxygens (including phenoxy) is 2. The fraction of sp³-hybridized carbons (Fsp3) is 0.286. The zero-order valence-electron chi connectivity index (χ0n) is 19.9. The first-order chi connectivity index (χ1) is 16.7. The molecule has 0 unspecified atom stereocenters. The van der Waals surface area contributed by atoms with Crippen LogP contribution in [0, 0.1) is 0 Å². The average molecular weight is 474 g/mol. The summed E-state index contributed by atoms with van der Waals surface area (Å²) in [7, 11) is 0. The van der Waals surface area contributed by atoms with Gasteiger partial charge >= 0.3 is 0 Å². The van der Waals surface area contributed by atoms with Crippen molar-refractivity contribution in [3.8, 4) is 11.5 Å². The Hall–Kier alpha value is -4.00. The number of carbonyl (C=O) groups is 2. The summed E-state index contributed by atoms with van der Waals surface area (Å²) in [6.07, 6.45) is 1.52. The molecule has 1 amide bonds. The van der Waals surface area contributed by atoms with Crippen molar-refractivity contribution in [2.45, 2.75) is 38.8 Å². The fourth-order valence-corrected chi connectivity index (χ4v) is 4.47. The van der Waals surface area contributed by atoms with Gasteiger partial charge in [-0.2, -0.15) is 0 Å². The molecular weight excluding hydrogens is 446 g/mol. The number of hydrogen-bond acceptors (Lipinski definition) is 6. The van der Waals surface area contributed by atoms with Crippen molar-refractivity contribution in [2.75, 3.05) is 13.2 Å². The number of ketones is 1. The third-order valence-corrected chi connectivity index (χ3v) is 6.35. The number of aliphatic hydroxyl groups is 1. The molecule has 2 aromatic carbocycles. The molecule has 5 rings (SSSR count). The maximum atomic E-state index is 13.3. The van der Waals surface area contributed by atoms with E-state index in [9.17, 15) is 14.7 Å². The Morgan fingerprint density at radius 1 is 1.00 bits per heavy atom. The summed E-state index contributed by atoms with van der Waals surface area (Å²) in [6, 6.07) is 15.5. The number of furan rings is 1. The number of aliphatic hydroxyl groups excluding tert-OH is 1. The van der Waals surface area contributed by atoms with E-state index in [1.165, 1.54) is 11.2 Å². The van der Waals surface area contributed by atoms with Crippen LogP contribution in [0.5, 0.6) is 11.5 Å². The number of amides is 1. The van der Waals surface area contributed by atoms with Crippen molar-refractivity contribution < 1.29 is 28.6 Å². The highest BCUT2D eigenvalue weighted by Gasteiger charge is 2.46. The zero-order valence-corrected chi connectivity index (χ0v) is 19.9. The number of benzene rings is 2. The van der Waals surface area contributed by atoms with Crippen LogP contribution in [0.4, 0.5) is 0 Å². The van der Waals surface area contributed by atoms with E-state index < -0.39 is 17.7 Å². The van der Waals surface area contributed by atoms with Gasteiger partial charge in [0, 0.05) is 5.56 Å². The highest BCUT2D eigenvalue weighted by atomic mass is 16.6.